The highest BCUT2D eigenvalue weighted by Gasteiger charge is 2.14. The molecule has 1 heteroatoms. The highest BCUT2D eigenvalue weighted by Crippen LogP contribution is 2.28. The second-order valence-electron chi connectivity index (χ2n) is 5.52. The molecule has 0 saturated carbocycles. The standard InChI is InChI=1S/C18H21N/c1-14-3-2-4-18(13-14)16-7-5-15(6-8-16)17-9-11-19-12-10-17/h2-8,13,17,19H,9-12H2,1H3. The maximum atomic E-state index is 3.43. The molecule has 0 spiro atoms. The van der Waals surface area contributed by atoms with E-state index in [2.05, 4.69) is 60.8 Å². The molecule has 1 nitrogen and oxygen atoms in total. The molecule has 3 rings (SSSR count). The minimum atomic E-state index is 0.743. The minimum absolute atomic E-state index is 0.743. The molecule has 0 aromatic heterocycles. The summed E-state index contributed by atoms with van der Waals surface area (Å²) in [5.74, 6) is 0.743. The van der Waals surface area contributed by atoms with E-state index in [1.807, 2.05) is 0 Å². The summed E-state index contributed by atoms with van der Waals surface area (Å²) in [6.07, 6.45) is 2.54. The fourth-order valence-electron chi connectivity index (χ4n) is 2.93. The van der Waals surface area contributed by atoms with Crippen molar-refractivity contribution < 1.29 is 0 Å². The van der Waals surface area contributed by atoms with Crippen molar-refractivity contribution in [3.8, 4) is 11.1 Å². The molecule has 0 atom stereocenters. The van der Waals surface area contributed by atoms with Gasteiger partial charge in [-0.3, -0.25) is 0 Å². The van der Waals surface area contributed by atoms with Crippen LogP contribution in [-0.2, 0) is 0 Å². The normalized spacial score (nSPS) is 16.5. The zero-order valence-electron chi connectivity index (χ0n) is 11.5. The molecular formula is C18H21N. The van der Waals surface area contributed by atoms with E-state index in [0.29, 0.717) is 0 Å². The number of hydrogen-bond acceptors (Lipinski definition) is 1. The summed E-state index contributed by atoms with van der Waals surface area (Å²) >= 11 is 0. The van der Waals surface area contributed by atoms with Gasteiger partial charge in [0.25, 0.3) is 0 Å². The monoisotopic (exact) mass is 251 g/mol. The quantitative estimate of drug-likeness (QED) is 0.846. The van der Waals surface area contributed by atoms with E-state index in [-0.39, 0.29) is 0 Å². The van der Waals surface area contributed by atoms with Crippen LogP contribution in [0.15, 0.2) is 48.5 Å². The number of aryl methyl sites for hydroxylation is 1. The molecule has 0 unspecified atom stereocenters. The Labute approximate surface area is 115 Å². The van der Waals surface area contributed by atoms with Crippen LogP contribution >= 0.6 is 0 Å². The van der Waals surface area contributed by atoms with Crippen molar-refractivity contribution in [3.05, 3.63) is 59.7 Å². The Bertz CT molecular complexity index is 536. The van der Waals surface area contributed by atoms with Crippen LogP contribution in [0.4, 0.5) is 0 Å². The van der Waals surface area contributed by atoms with E-state index >= 15 is 0 Å². The molecule has 0 aliphatic carbocycles. The van der Waals surface area contributed by atoms with Crippen molar-refractivity contribution >= 4 is 0 Å². The molecule has 19 heavy (non-hydrogen) atoms. The van der Waals surface area contributed by atoms with Crippen LogP contribution in [0, 0.1) is 6.92 Å². The molecule has 1 saturated heterocycles. The minimum Gasteiger partial charge on any atom is -0.317 e. The molecule has 2 aromatic carbocycles. The van der Waals surface area contributed by atoms with Gasteiger partial charge in [-0.25, -0.2) is 0 Å². The van der Waals surface area contributed by atoms with Gasteiger partial charge in [-0.2, -0.15) is 0 Å². The number of nitrogens with one attached hydrogen (secondary N) is 1. The second kappa shape index (κ2) is 5.58. The Balaban J connectivity index is 1.82. The lowest BCUT2D eigenvalue weighted by molar-refractivity contribution is 0.460. The van der Waals surface area contributed by atoms with Crippen LogP contribution in [0.25, 0.3) is 11.1 Å². The molecule has 0 radical (unpaired) electrons. The number of benzene rings is 2. The van der Waals surface area contributed by atoms with Crippen LogP contribution in [0.3, 0.4) is 0 Å². The van der Waals surface area contributed by atoms with Gasteiger partial charge in [0.05, 0.1) is 0 Å². The molecule has 1 aliphatic rings. The first kappa shape index (κ1) is 12.4. The second-order valence-corrected chi connectivity index (χ2v) is 5.52. The highest BCUT2D eigenvalue weighted by molar-refractivity contribution is 5.64. The van der Waals surface area contributed by atoms with Gasteiger partial charge in [0, 0.05) is 0 Å². The molecule has 1 heterocycles. The first-order chi connectivity index (χ1) is 9.33. The predicted molar refractivity (Wildman–Crippen MR) is 81.5 cm³/mol. The maximum absolute atomic E-state index is 3.43. The molecule has 98 valence electrons. The van der Waals surface area contributed by atoms with Gasteiger partial charge in [-0.05, 0) is 55.5 Å². The lowest BCUT2D eigenvalue weighted by Crippen LogP contribution is -2.26. The third kappa shape index (κ3) is 2.87. The van der Waals surface area contributed by atoms with E-state index in [9.17, 15) is 0 Å². The first-order valence-electron chi connectivity index (χ1n) is 7.21. The van der Waals surface area contributed by atoms with Crippen molar-refractivity contribution in [2.75, 3.05) is 13.1 Å². The van der Waals surface area contributed by atoms with Crippen molar-refractivity contribution in [1.82, 2.24) is 5.32 Å². The summed E-state index contributed by atoms with van der Waals surface area (Å²) in [4.78, 5) is 0. The van der Waals surface area contributed by atoms with E-state index in [1.54, 1.807) is 0 Å². The Kier molecular flexibility index (Phi) is 3.65. The Morgan fingerprint density at radius 1 is 0.895 bits per heavy atom. The predicted octanol–water partition coefficient (Wildman–Crippen LogP) is 4.13. The first-order valence-corrected chi connectivity index (χ1v) is 7.21. The molecule has 2 aromatic rings. The Hall–Kier alpha value is -1.60. The van der Waals surface area contributed by atoms with Gasteiger partial charge in [0.2, 0.25) is 0 Å². The average molecular weight is 251 g/mol. The SMILES string of the molecule is Cc1cccc(-c2ccc(C3CCNCC3)cc2)c1. The topological polar surface area (TPSA) is 12.0 Å². The van der Waals surface area contributed by atoms with E-state index in [1.165, 1.54) is 35.1 Å². The van der Waals surface area contributed by atoms with Crippen LogP contribution in [0.5, 0.6) is 0 Å². The van der Waals surface area contributed by atoms with E-state index in [0.717, 1.165) is 19.0 Å². The molecular weight excluding hydrogens is 230 g/mol. The summed E-state index contributed by atoms with van der Waals surface area (Å²) in [5.41, 5.74) is 5.45. The highest BCUT2D eigenvalue weighted by atomic mass is 14.9. The van der Waals surface area contributed by atoms with Gasteiger partial charge >= 0.3 is 0 Å². The molecule has 1 aliphatic heterocycles. The zero-order valence-corrected chi connectivity index (χ0v) is 11.5. The molecule has 1 fully saturated rings. The smallest absolute Gasteiger partial charge is 0.00431 e. The maximum Gasteiger partial charge on any atom is -0.00431 e. The van der Waals surface area contributed by atoms with Crippen molar-refractivity contribution in [2.24, 2.45) is 0 Å². The zero-order chi connectivity index (χ0) is 13.1. The van der Waals surface area contributed by atoms with Crippen LogP contribution < -0.4 is 5.32 Å². The van der Waals surface area contributed by atoms with E-state index in [4.69, 9.17) is 0 Å². The summed E-state index contributed by atoms with van der Waals surface area (Å²) in [5, 5.41) is 3.43. The van der Waals surface area contributed by atoms with Crippen LogP contribution in [-0.4, -0.2) is 13.1 Å². The third-order valence-corrected chi connectivity index (χ3v) is 4.07. The summed E-state index contributed by atoms with van der Waals surface area (Å²) in [6.45, 7) is 4.46. The Morgan fingerprint density at radius 2 is 1.63 bits per heavy atom. The molecule has 0 bridgehead atoms. The van der Waals surface area contributed by atoms with Crippen molar-refractivity contribution in [3.63, 3.8) is 0 Å². The summed E-state index contributed by atoms with van der Waals surface area (Å²) in [6, 6.07) is 17.9. The van der Waals surface area contributed by atoms with Gasteiger partial charge in [-0.1, -0.05) is 54.1 Å². The van der Waals surface area contributed by atoms with Gasteiger partial charge < -0.3 is 5.32 Å². The number of hydrogen-bond donors (Lipinski definition) is 1. The van der Waals surface area contributed by atoms with Gasteiger partial charge in [0.1, 0.15) is 0 Å². The van der Waals surface area contributed by atoms with Gasteiger partial charge in [-0.15, -0.1) is 0 Å². The van der Waals surface area contributed by atoms with Crippen molar-refractivity contribution in [2.45, 2.75) is 25.7 Å². The molecule has 0 amide bonds. The van der Waals surface area contributed by atoms with Gasteiger partial charge in [0.15, 0.2) is 0 Å². The van der Waals surface area contributed by atoms with E-state index < -0.39 is 0 Å². The Morgan fingerprint density at radius 3 is 2.32 bits per heavy atom. The van der Waals surface area contributed by atoms with Crippen LogP contribution in [0.2, 0.25) is 0 Å². The number of rotatable bonds is 2. The summed E-state index contributed by atoms with van der Waals surface area (Å²) < 4.78 is 0. The lowest BCUT2D eigenvalue weighted by Gasteiger charge is -2.23. The molecule has 1 N–H and O–H groups in total. The largest absolute Gasteiger partial charge is 0.317 e. The third-order valence-electron chi connectivity index (χ3n) is 4.07. The number of piperidine rings is 1. The summed E-state index contributed by atoms with van der Waals surface area (Å²) in [7, 11) is 0. The van der Waals surface area contributed by atoms with Crippen molar-refractivity contribution in [1.29, 1.82) is 0 Å². The lowest BCUT2D eigenvalue weighted by atomic mass is 9.89. The fourth-order valence-corrected chi connectivity index (χ4v) is 2.93. The van der Waals surface area contributed by atoms with Crippen LogP contribution in [0.1, 0.15) is 29.9 Å². The average Bonchev–Trinajstić information content (AvgIpc) is 2.48. The fraction of sp³-hybridized carbons (Fsp3) is 0.333.